The van der Waals surface area contributed by atoms with Crippen LogP contribution in [0.1, 0.15) is 37.8 Å². The van der Waals surface area contributed by atoms with Gasteiger partial charge in [-0.15, -0.1) is 0 Å². The molecule has 2 aliphatic heterocycles. The molecular weight excluding hydrogens is 368 g/mol. The number of carbonyl (C=O) groups is 2. The Balaban J connectivity index is 1.32. The van der Waals surface area contributed by atoms with Crippen molar-refractivity contribution in [3.05, 3.63) is 77.1 Å². The van der Waals surface area contributed by atoms with Crippen molar-refractivity contribution in [1.82, 2.24) is 29.5 Å². The van der Waals surface area contributed by atoms with Crippen molar-refractivity contribution in [1.29, 1.82) is 0 Å². The summed E-state index contributed by atoms with van der Waals surface area (Å²) in [6.07, 6.45) is 3.79. The Morgan fingerprint density at radius 2 is 1.66 bits per heavy atom. The molecule has 0 saturated carbocycles. The minimum Gasteiger partial charge on any atom is -0.333 e. The zero-order valence-corrected chi connectivity index (χ0v) is 15.9. The summed E-state index contributed by atoms with van der Waals surface area (Å²) in [4.78, 5) is 37.1. The van der Waals surface area contributed by atoms with E-state index in [-0.39, 0.29) is 11.8 Å². The molecule has 2 aromatic heterocycles. The molecule has 0 atom stereocenters. The third kappa shape index (κ3) is 3.26. The second kappa shape index (κ2) is 7.12. The molecule has 4 heterocycles. The number of benzene rings is 1. The summed E-state index contributed by atoms with van der Waals surface area (Å²) in [5.74, 6) is -0.199. The monoisotopic (exact) mass is 388 g/mol. The highest BCUT2D eigenvalue weighted by Crippen LogP contribution is 2.21. The number of hydrogen-bond acceptors (Lipinski definition) is 5. The van der Waals surface area contributed by atoms with E-state index in [9.17, 15) is 9.59 Å². The van der Waals surface area contributed by atoms with Crippen LogP contribution in [0.15, 0.2) is 48.9 Å². The third-order valence-corrected chi connectivity index (χ3v) is 5.52. The first-order valence-corrected chi connectivity index (χ1v) is 9.67. The topological polar surface area (TPSA) is 84.2 Å². The van der Waals surface area contributed by atoms with Crippen molar-refractivity contribution >= 4 is 11.8 Å². The van der Waals surface area contributed by atoms with Gasteiger partial charge in [-0.05, 0) is 29.7 Å². The quantitative estimate of drug-likeness (QED) is 0.665. The maximum absolute atomic E-state index is 13.0. The standard InChI is InChI=1S/C21H20N6O2/c28-20(18-5-7-22-14-23-18)26-9-10-27-17(13-26)11-19(24-27)21(29)25-8-6-15-3-1-2-4-16(15)12-25/h1-5,7,11,14H,6,8-10,12-13H2. The predicted octanol–water partition coefficient (Wildman–Crippen LogP) is 1.53. The Kier molecular flexibility index (Phi) is 4.31. The molecule has 0 fully saturated rings. The number of aromatic nitrogens is 4. The molecule has 3 aromatic rings. The van der Waals surface area contributed by atoms with Crippen molar-refractivity contribution in [2.75, 3.05) is 13.1 Å². The summed E-state index contributed by atoms with van der Waals surface area (Å²) in [7, 11) is 0. The van der Waals surface area contributed by atoms with E-state index in [0.717, 1.165) is 12.1 Å². The van der Waals surface area contributed by atoms with E-state index in [2.05, 4.69) is 27.2 Å². The molecule has 0 unspecified atom stereocenters. The van der Waals surface area contributed by atoms with Gasteiger partial charge < -0.3 is 9.80 Å². The predicted molar refractivity (Wildman–Crippen MR) is 104 cm³/mol. The highest BCUT2D eigenvalue weighted by molar-refractivity contribution is 5.93. The van der Waals surface area contributed by atoms with Crippen molar-refractivity contribution < 1.29 is 9.59 Å². The maximum atomic E-state index is 13.0. The first kappa shape index (κ1) is 17.5. The fourth-order valence-electron chi connectivity index (χ4n) is 3.95. The second-order valence-corrected chi connectivity index (χ2v) is 7.31. The lowest BCUT2D eigenvalue weighted by Gasteiger charge is -2.28. The Hall–Kier alpha value is -3.55. The summed E-state index contributed by atoms with van der Waals surface area (Å²) >= 11 is 0. The van der Waals surface area contributed by atoms with E-state index in [1.165, 1.54) is 17.5 Å². The van der Waals surface area contributed by atoms with Gasteiger partial charge in [0, 0.05) is 25.8 Å². The molecule has 0 spiro atoms. The maximum Gasteiger partial charge on any atom is 0.274 e. The van der Waals surface area contributed by atoms with Crippen molar-refractivity contribution in [3.63, 3.8) is 0 Å². The summed E-state index contributed by atoms with van der Waals surface area (Å²) < 4.78 is 1.83. The van der Waals surface area contributed by atoms with Crippen molar-refractivity contribution in [3.8, 4) is 0 Å². The fraction of sp³-hybridized carbons (Fsp3) is 0.286. The van der Waals surface area contributed by atoms with Crippen LogP contribution in [0.5, 0.6) is 0 Å². The Labute approximate surface area is 167 Å². The average Bonchev–Trinajstić information content (AvgIpc) is 3.21. The lowest BCUT2D eigenvalue weighted by molar-refractivity contribution is 0.0694. The highest BCUT2D eigenvalue weighted by atomic mass is 16.2. The Morgan fingerprint density at radius 3 is 2.48 bits per heavy atom. The fourth-order valence-corrected chi connectivity index (χ4v) is 3.95. The molecule has 2 aliphatic rings. The molecule has 8 nitrogen and oxygen atoms in total. The SMILES string of the molecule is O=C(c1ccncn1)N1CCn2nc(C(=O)N3CCc4ccccc4C3)cc2C1. The second-order valence-electron chi connectivity index (χ2n) is 7.31. The van der Waals surface area contributed by atoms with Gasteiger partial charge in [-0.25, -0.2) is 9.97 Å². The first-order valence-electron chi connectivity index (χ1n) is 9.67. The number of hydrogen-bond donors (Lipinski definition) is 0. The highest BCUT2D eigenvalue weighted by Gasteiger charge is 2.28. The molecule has 8 heteroatoms. The summed E-state index contributed by atoms with van der Waals surface area (Å²) in [5, 5.41) is 4.51. The number of nitrogens with zero attached hydrogens (tertiary/aromatic N) is 6. The van der Waals surface area contributed by atoms with Gasteiger partial charge in [0.2, 0.25) is 0 Å². The summed E-state index contributed by atoms with van der Waals surface area (Å²) in [6, 6.07) is 11.7. The van der Waals surface area contributed by atoms with E-state index in [0.29, 0.717) is 44.1 Å². The molecule has 0 saturated heterocycles. The molecule has 0 bridgehead atoms. The van der Waals surface area contributed by atoms with Gasteiger partial charge in [-0.2, -0.15) is 5.10 Å². The number of fused-ring (bicyclic) bond motifs is 2. The van der Waals surface area contributed by atoms with E-state index in [1.54, 1.807) is 17.2 Å². The minimum atomic E-state index is -0.139. The minimum absolute atomic E-state index is 0.0601. The van der Waals surface area contributed by atoms with Crippen LogP contribution in [-0.4, -0.2) is 54.5 Å². The van der Waals surface area contributed by atoms with Crippen LogP contribution in [0.4, 0.5) is 0 Å². The Bertz CT molecular complexity index is 1080. The van der Waals surface area contributed by atoms with Gasteiger partial charge in [0.15, 0.2) is 5.69 Å². The van der Waals surface area contributed by atoms with Crippen LogP contribution in [0, 0.1) is 0 Å². The third-order valence-electron chi connectivity index (χ3n) is 5.52. The lowest BCUT2D eigenvalue weighted by atomic mass is 10.00. The van der Waals surface area contributed by atoms with E-state index >= 15 is 0 Å². The molecule has 29 heavy (non-hydrogen) atoms. The van der Waals surface area contributed by atoms with Crippen LogP contribution >= 0.6 is 0 Å². The lowest BCUT2D eigenvalue weighted by Crippen LogP contribution is -2.38. The zero-order chi connectivity index (χ0) is 19.8. The van der Waals surface area contributed by atoms with Gasteiger partial charge in [0.1, 0.15) is 12.0 Å². The van der Waals surface area contributed by atoms with E-state index in [1.807, 2.05) is 27.8 Å². The molecule has 146 valence electrons. The van der Waals surface area contributed by atoms with Gasteiger partial charge >= 0.3 is 0 Å². The van der Waals surface area contributed by atoms with E-state index in [4.69, 9.17) is 0 Å². The Morgan fingerprint density at radius 1 is 0.862 bits per heavy atom. The molecule has 0 aliphatic carbocycles. The molecule has 1 aromatic carbocycles. The number of carbonyl (C=O) groups excluding carboxylic acids is 2. The smallest absolute Gasteiger partial charge is 0.274 e. The van der Waals surface area contributed by atoms with Gasteiger partial charge in [-0.1, -0.05) is 24.3 Å². The average molecular weight is 388 g/mol. The summed E-state index contributed by atoms with van der Waals surface area (Å²) in [6.45, 7) is 2.79. The van der Waals surface area contributed by atoms with Crippen LogP contribution in [-0.2, 0) is 26.1 Å². The van der Waals surface area contributed by atoms with Crippen LogP contribution in [0.2, 0.25) is 0 Å². The van der Waals surface area contributed by atoms with Gasteiger partial charge in [0.05, 0.1) is 18.8 Å². The zero-order valence-electron chi connectivity index (χ0n) is 15.9. The van der Waals surface area contributed by atoms with Crippen molar-refractivity contribution in [2.45, 2.75) is 26.1 Å². The molecule has 0 N–H and O–H groups in total. The summed E-state index contributed by atoms with van der Waals surface area (Å²) in [5.41, 5.74) is 4.17. The molecule has 0 radical (unpaired) electrons. The number of rotatable bonds is 2. The van der Waals surface area contributed by atoms with Gasteiger partial charge in [-0.3, -0.25) is 14.3 Å². The first-order chi connectivity index (χ1) is 14.2. The molecule has 5 rings (SSSR count). The molecular formula is C21H20N6O2. The van der Waals surface area contributed by atoms with Gasteiger partial charge in [0.25, 0.3) is 11.8 Å². The largest absolute Gasteiger partial charge is 0.333 e. The van der Waals surface area contributed by atoms with Crippen LogP contribution in [0.3, 0.4) is 0 Å². The number of amides is 2. The van der Waals surface area contributed by atoms with E-state index < -0.39 is 0 Å². The normalized spacial score (nSPS) is 15.6. The van der Waals surface area contributed by atoms with Crippen molar-refractivity contribution in [2.24, 2.45) is 0 Å². The van der Waals surface area contributed by atoms with Crippen LogP contribution < -0.4 is 0 Å². The molecule has 2 amide bonds. The van der Waals surface area contributed by atoms with Crippen LogP contribution in [0.25, 0.3) is 0 Å².